The lowest BCUT2D eigenvalue weighted by Crippen LogP contribution is -2.45. The van der Waals surface area contributed by atoms with Crippen molar-refractivity contribution in [2.24, 2.45) is 0 Å². The number of carbonyl (C=O) groups excluding carboxylic acids is 2. The molecule has 1 amide bonds. The fourth-order valence-corrected chi connectivity index (χ4v) is 9.01. The van der Waals surface area contributed by atoms with Gasteiger partial charge in [-0.2, -0.15) is 0 Å². The van der Waals surface area contributed by atoms with Crippen molar-refractivity contribution in [1.82, 2.24) is 5.32 Å². The molecule has 0 saturated carbocycles. The van der Waals surface area contributed by atoms with Gasteiger partial charge in [-0.25, -0.2) is 0 Å². The van der Waals surface area contributed by atoms with Crippen molar-refractivity contribution in [2.75, 3.05) is 13.2 Å². The van der Waals surface area contributed by atoms with Crippen molar-refractivity contribution >= 4 is 11.9 Å². The Bertz CT molecular complexity index is 1010. The molecule has 0 saturated heterocycles. The third-order valence-electron chi connectivity index (χ3n) is 13.5. The van der Waals surface area contributed by atoms with Crippen LogP contribution in [0.25, 0.3) is 0 Å². The Labute approximate surface area is 405 Å². The zero-order valence-corrected chi connectivity index (χ0v) is 43.7. The molecule has 0 spiro atoms. The van der Waals surface area contributed by atoms with Gasteiger partial charge in [0.1, 0.15) is 0 Å². The molecule has 0 aliphatic rings. The van der Waals surface area contributed by atoms with Crippen LogP contribution in [0.1, 0.15) is 316 Å². The first-order valence-electron chi connectivity index (χ1n) is 29.1. The van der Waals surface area contributed by atoms with Gasteiger partial charge in [0.15, 0.2) is 0 Å². The van der Waals surface area contributed by atoms with E-state index in [0.717, 1.165) is 51.4 Å². The fraction of sp³-hybridized carbons (Fsp3) is 0.898. The van der Waals surface area contributed by atoms with Crippen LogP contribution in [0.15, 0.2) is 24.3 Å². The summed E-state index contributed by atoms with van der Waals surface area (Å²) >= 11 is 0. The van der Waals surface area contributed by atoms with E-state index in [-0.39, 0.29) is 18.5 Å². The molecule has 0 aromatic rings. The quantitative estimate of drug-likeness (QED) is 0.0321. The first-order valence-corrected chi connectivity index (χ1v) is 29.1. The Hall–Kier alpha value is -1.66. The van der Waals surface area contributed by atoms with Crippen LogP contribution in [-0.2, 0) is 14.3 Å². The van der Waals surface area contributed by atoms with Crippen molar-refractivity contribution in [2.45, 2.75) is 328 Å². The number of amides is 1. The van der Waals surface area contributed by atoms with Crippen LogP contribution in [0.4, 0.5) is 0 Å². The first kappa shape index (κ1) is 63.3. The maximum absolute atomic E-state index is 12.5. The molecule has 0 rings (SSSR count). The van der Waals surface area contributed by atoms with E-state index in [0.29, 0.717) is 25.9 Å². The van der Waals surface area contributed by atoms with Gasteiger partial charge in [0.2, 0.25) is 5.91 Å². The fourth-order valence-electron chi connectivity index (χ4n) is 9.01. The second kappa shape index (κ2) is 54.9. The Morgan fingerprint density at radius 3 is 1.22 bits per heavy atom. The molecule has 0 aromatic heterocycles. The number of unbranched alkanes of at least 4 members (excludes halogenated alkanes) is 39. The SMILES string of the molecule is CCCC/C=C\C/C=C\CCCCCCCC(=O)OCCCCCCCCCCCCCCCCCCCCC(=O)NC(CO)C(O)CCCCCCCCCCCCCCCCCC. The molecule has 2 atom stereocenters. The monoisotopic (exact) mass is 916 g/mol. The van der Waals surface area contributed by atoms with Gasteiger partial charge < -0.3 is 20.3 Å². The molecule has 0 radical (unpaired) electrons. The molecule has 6 heteroatoms. The molecular formula is C59H113NO5. The number of rotatable bonds is 54. The Morgan fingerprint density at radius 2 is 0.785 bits per heavy atom. The number of allylic oxidation sites excluding steroid dienone is 4. The van der Waals surface area contributed by atoms with Gasteiger partial charge in [-0.15, -0.1) is 0 Å². The number of nitrogens with one attached hydrogen (secondary N) is 1. The van der Waals surface area contributed by atoms with Crippen molar-refractivity contribution in [1.29, 1.82) is 0 Å². The summed E-state index contributed by atoms with van der Waals surface area (Å²) in [6.45, 7) is 4.91. The van der Waals surface area contributed by atoms with Crippen LogP contribution in [0.5, 0.6) is 0 Å². The molecule has 384 valence electrons. The largest absolute Gasteiger partial charge is 0.466 e. The molecule has 65 heavy (non-hydrogen) atoms. The third kappa shape index (κ3) is 51.6. The Kier molecular flexibility index (Phi) is 53.5. The van der Waals surface area contributed by atoms with Crippen molar-refractivity contribution in [3.63, 3.8) is 0 Å². The zero-order valence-electron chi connectivity index (χ0n) is 43.7. The molecule has 0 heterocycles. The van der Waals surface area contributed by atoms with Crippen LogP contribution in [0.3, 0.4) is 0 Å². The highest BCUT2D eigenvalue weighted by molar-refractivity contribution is 5.76. The number of esters is 1. The standard InChI is InChI=1S/C59H113NO5/c1-3-5-7-9-11-13-15-17-19-24-27-31-35-39-43-47-51-57(62)56(55-61)60-58(63)52-48-44-40-36-32-28-25-22-20-21-23-26-30-34-38-42-46-50-54-65-59(64)53-49-45-41-37-33-29-18-16-14-12-10-8-6-4-2/h10,12,16,18,56-57,61-62H,3-9,11,13-15,17,19-55H2,1-2H3,(H,60,63)/b12-10-,18-16-. The van der Waals surface area contributed by atoms with E-state index in [2.05, 4.69) is 43.5 Å². The molecule has 3 N–H and O–H groups in total. The average molecular weight is 917 g/mol. The summed E-state index contributed by atoms with van der Waals surface area (Å²) < 4.78 is 5.47. The summed E-state index contributed by atoms with van der Waals surface area (Å²) in [5.74, 6) is -0.0445. The topological polar surface area (TPSA) is 95.9 Å². The minimum Gasteiger partial charge on any atom is -0.466 e. The van der Waals surface area contributed by atoms with Gasteiger partial charge >= 0.3 is 5.97 Å². The van der Waals surface area contributed by atoms with Crippen LogP contribution < -0.4 is 5.32 Å². The first-order chi connectivity index (χ1) is 32.0. The van der Waals surface area contributed by atoms with Gasteiger partial charge in [0.05, 0.1) is 25.4 Å². The molecule has 0 aromatic carbocycles. The summed E-state index contributed by atoms with van der Waals surface area (Å²) in [4.78, 5) is 24.5. The number of aliphatic hydroxyl groups is 2. The molecular weight excluding hydrogens is 803 g/mol. The molecule has 0 fully saturated rings. The number of aliphatic hydroxyl groups excluding tert-OH is 2. The third-order valence-corrected chi connectivity index (χ3v) is 13.5. The number of hydrogen-bond donors (Lipinski definition) is 3. The second-order valence-electron chi connectivity index (χ2n) is 20.0. The van der Waals surface area contributed by atoms with Gasteiger partial charge in [0, 0.05) is 12.8 Å². The van der Waals surface area contributed by atoms with Gasteiger partial charge in [-0.05, 0) is 51.4 Å². The maximum Gasteiger partial charge on any atom is 0.305 e. The lowest BCUT2D eigenvalue weighted by molar-refractivity contribution is -0.143. The van der Waals surface area contributed by atoms with Crippen molar-refractivity contribution < 1.29 is 24.5 Å². The molecule has 0 aliphatic carbocycles. The summed E-state index contributed by atoms with van der Waals surface area (Å²) in [7, 11) is 0. The van der Waals surface area contributed by atoms with E-state index in [4.69, 9.17) is 4.74 Å². The molecule has 0 bridgehead atoms. The van der Waals surface area contributed by atoms with Crippen molar-refractivity contribution in [3.8, 4) is 0 Å². The van der Waals surface area contributed by atoms with E-state index in [1.54, 1.807) is 0 Å². The zero-order chi connectivity index (χ0) is 47.2. The summed E-state index contributed by atoms with van der Waals surface area (Å²) in [6, 6.07) is -0.545. The molecule has 6 nitrogen and oxygen atoms in total. The van der Waals surface area contributed by atoms with E-state index in [9.17, 15) is 19.8 Å². The summed E-state index contributed by atoms with van der Waals surface area (Å²) in [5.41, 5.74) is 0. The number of hydrogen-bond acceptors (Lipinski definition) is 5. The van der Waals surface area contributed by atoms with Gasteiger partial charge in [-0.3, -0.25) is 9.59 Å². The summed E-state index contributed by atoms with van der Waals surface area (Å²) in [6.07, 6.45) is 65.9. The van der Waals surface area contributed by atoms with Crippen LogP contribution >= 0.6 is 0 Å². The normalized spacial score (nSPS) is 12.7. The minimum atomic E-state index is -0.667. The predicted octanol–water partition coefficient (Wildman–Crippen LogP) is 17.9. The Balaban J connectivity index is 3.41. The van der Waals surface area contributed by atoms with Crippen LogP contribution in [0, 0.1) is 0 Å². The lowest BCUT2D eigenvalue weighted by Gasteiger charge is -2.22. The van der Waals surface area contributed by atoms with E-state index in [1.807, 2.05) is 0 Å². The van der Waals surface area contributed by atoms with Gasteiger partial charge in [-0.1, -0.05) is 276 Å². The predicted molar refractivity (Wildman–Crippen MR) is 283 cm³/mol. The highest BCUT2D eigenvalue weighted by Gasteiger charge is 2.20. The summed E-state index contributed by atoms with van der Waals surface area (Å²) in [5, 5.41) is 23.3. The van der Waals surface area contributed by atoms with Gasteiger partial charge in [0.25, 0.3) is 0 Å². The average Bonchev–Trinajstić information content (AvgIpc) is 3.31. The molecule has 0 aliphatic heterocycles. The second-order valence-corrected chi connectivity index (χ2v) is 20.0. The highest BCUT2D eigenvalue weighted by Crippen LogP contribution is 2.17. The maximum atomic E-state index is 12.5. The van der Waals surface area contributed by atoms with E-state index >= 15 is 0 Å². The van der Waals surface area contributed by atoms with E-state index in [1.165, 1.54) is 231 Å². The highest BCUT2D eigenvalue weighted by atomic mass is 16.5. The van der Waals surface area contributed by atoms with E-state index < -0.39 is 12.1 Å². The van der Waals surface area contributed by atoms with Crippen LogP contribution in [-0.4, -0.2) is 47.4 Å². The van der Waals surface area contributed by atoms with Crippen molar-refractivity contribution in [3.05, 3.63) is 24.3 Å². The minimum absolute atomic E-state index is 0.00699. The Morgan fingerprint density at radius 1 is 0.431 bits per heavy atom. The smallest absolute Gasteiger partial charge is 0.305 e. The van der Waals surface area contributed by atoms with Crippen LogP contribution in [0.2, 0.25) is 0 Å². The number of carbonyl (C=O) groups is 2. The lowest BCUT2D eigenvalue weighted by atomic mass is 10.0. The molecule has 2 unspecified atom stereocenters. The number of ether oxygens (including phenoxy) is 1.